The van der Waals surface area contributed by atoms with Crippen LogP contribution in [-0.2, 0) is 11.2 Å². The first kappa shape index (κ1) is 26.0. The Balaban J connectivity index is 1.35. The van der Waals surface area contributed by atoms with E-state index >= 15 is 0 Å². The van der Waals surface area contributed by atoms with Gasteiger partial charge in [0.05, 0.1) is 17.2 Å². The third-order valence-corrected chi connectivity index (χ3v) is 7.48. The van der Waals surface area contributed by atoms with Crippen LogP contribution < -0.4 is 5.32 Å². The number of hydrogen-bond donors (Lipinski definition) is 1. The molecule has 0 bridgehead atoms. The fourth-order valence-corrected chi connectivity index (χ4v) is 5.37. The fourth-order valence-electron chi connectivity index (χ4n) is 5.37. The summed E-state index contributed by atoms with van der Waals surface area (Å²) in [5, 5.41) is 3.19. The number of hydrogen-bond acceptors (Lipinski definition) is 3. The number of nitrogens with zero attached hydrogens (tertiary/aromatic N) is 1. The van der Waals surface area contributed by atoms with Gasteiger partial charge in [-0.2, -0.15) is 0 Å². The first-order valence-electron chi connectivity index (χ1n) is 13.6. The molecule has 1 heterocycles. The van der Waals surface area contributed by atoms with E-state index in [-0.39, 0.29) is 6.42 Å². The minimum absolute atomic E-state index is 0.201. The van der Waals surface area contributed by atoms with Crippen molar-refractivity contribution in [3.8, 4) is 11.1 Å². The largest absolute Gasteiger partial charge is 0.343 e. The van der Waals surface area contributed by atoms with Crippen LogP contribution in [0.2, 0.25) is 0 Å². The monoisotopic (exact) mass is 536 g/mol. The van der Waals surface area contributed by atoms with Crippen LogP contribution in [0.5, 0.6) is 0 Å². The summed E-state index contributed by atoms with van der Waals surface area (Å²) in [4.78, 5) is 42.2. The molecule has 0 aromatic heterocycles. The van der Waals surface area contributed by atoms with Crippen LogP contribution in [0.25, 0.3) is 11.1 Å². The Morgan fingerprint density at radius 3 is 1.61 bits per heavy atom. The second kappa shape index (κ2) is 11.4. The quantitative estimate of drug-likeness (QED) is 0.231. The Labute approximate surface area is 239 Å². The summed E-state index contributed by atoms with van der Waals surface area (Å²) in [7, 11) is 0. The van der Waals surface area contributed by atoms with E-state index in [2.05, 4.69) is 17.4 Å². The van der Waals surface area contributed by atoms with Gasteiger partial charge in [-0.15, -0.1) is 0 Å². The molecular weight excluding hydrogens is 508 g/mol. The van der Waals surface area contributed by atoms with Crippen molar-refractivity contribution >= 4 is 17.7 Å². The highest BCUT2D eigenvalue weighted by Gasteiger charge is 2.43. The Morgan fingerprint density at radius 2 is 1.02 bits per heavy atom. The molecule has 200 valence electrons. The van der Waals surface area contributed by atoms with Gasteiger partial charge in [0, 0.05) is 6.42 Å². The molecule has 1 aliphatic heterocycles. The van der Waals surface area contributed by atoms with Crippen LogP contribution in [0.15, 0.2) is 140 Å². The van der Waals surface area contributed by atoms with E-state index in [0.717, 1.165) is 32.7 Å². The third kappa shape index (κ3) is 5.30. The van der Waals surface area contributed by atoms with Gasteiger partial charge in [-0.3, -0.25) is 19.3 Å². The Kier molecular flexibility index (Phi) is 7.25. The normalized spacial score (nSPS) is 13.9. The molecule has 2 atom stereocenters. The molecule has 0 radical (unpaired) electrons. The molecule has 5 heteroatoms. The van der Waals surface area contributed by atoms with Gasteiger partial charge < -0.3 is 5.32 Å². The number of fused-ring (bicyclic) bond motifs is 1. The first-order valence-corrected chi connectivity index (χ1v) is 13.6. The van der Waals surface area contributed by atoms with Crippen LogP contribution in [0, 0.1) is 0 Å². The second-order valence-corrected chi connectivity index (χ2v) is 10.1. The number of amides is 3. The van der Waals surface area contributed by atoms with Gasteiger partial charge in [0.1, 0.15) is 6.04 Å². The predicted molar refractivity (Wildman–Crippen MR) is 159 cm³/mol. The van der Waals surface area contributed by atoms with Crippen LogP contribution >= 0.6 is 0 Å². The number of benzene rings is 5. The molecule has 0 fully saturated rings. The third-order valence-electron chi connectivity index (χ3n) is 7.48. The summed E-state index contributed by atoms with van der Waals surface area (Å²) < 4.78 is 0. The molecule has 3 amide bonds. The molecule has 0 unspecified atom stereocenters. The first-order chi connectivity index (χ1) is 20.1. The lowest BCUT2D eigenvalue weighted by Gasteiger charge is -2.28. The molecule has 1 aliphatic rings. The van der Waals surface area contributed by atoms with Gasteiger partial charge in [0.25, 0.3) is 11.8 Å². The summed E-state index contributed by atoms with van der Waals surface area (Å²) >= 11 is 0. The topological polar surface area (TPSA) is 66.5 Å². The Morgan fingerprint density at radius 1 is 0.561 bits per heavy atom. The van der Waals surface area contributed by atoms with E-state index in [1.807, 2.05) is 103 Å². The van der Waals surface area contributed by atoms with Gasteiger partial charge in [-0.1, -0.05) is 127 Å². The van der Waals surface area contributed by atoms with E-state index in [1.165, 1.54) is 0 Å². The lowest BCUT2D eigenvalue weighted by atomic mass is 9.95. The van der Waals surface area contributed by atoms with Crippen LogP contribution in [-0.4, -0.2) is 28.7 Å². The maximum atomic E-state index is 14.2. The highest BCUT2D eigenvalue weighted by molar-refractivity contribution is 6.22. The number of carbonyl (C=O) groups excluding carboxylic acids is 3. The SMILES string of the molecule is O=C(N[C@H](c1ccccc1)c1ccc(-c2ccccc2)cc1)[C@H](Cc1ccccc1)N1C(=O)c2ccccc2C1=O. The Hall–Kier alpha value is -5.29. The number of rotatable bonds is 8. The molecule has 0 saturated carbocycles. The van der Waals surface area contributed by atoms with Crippen molar-refractivity contribution in [3.63, 3.8) is 0 Å². The molecule has 1 N–H and O–H groups in total. The van der Waals surface area contributed by atoms with Gasteiger partial charge >= 0.3 is 0 Å². The summed E-state index contributed by atoms with van der Waals surface area (Å²) in [6, 6.07) is 42.6. The standard InChI is InChI=1S/C36H28N2O3/c39-34(32(24-25-12-4-1-5-13-25)38-35(40)30-18-10-11-19-31(30)36(38)41)37-33(28-16-8-3-9-17-28)29-22-20-27(21-23-29)26-14-6-2-7-15-26/h1-23,32-33H,24H2,(H,37,39)/t32-,33+/m0/s1. The van der Waals surface area contributed by atoms with Crippen LogP contribution in [0.4, 0.5) is 0 Å². The van der Waals surface area contributed by atoms with Crippen LogP contribution in [0.1, 0.15) is 43.4 Å². The summed E-state index contributed by atoms with van der Waals surface area (Å²) in [6.45, 7) is 0. The van der Waals surface area contributed by atoms with Crippen molar-refractivity contribution in [2.45, 2.75) is 18.5 Å². The molecular formula is C36H28N2O3. The lowest BCUT2D eigenvalue weighted by Crippen LogP contribution is -2.51. The van der Waals surface area contributed by atoms with Gasteiger partial charge in [-0.05, 0) is 39.9 Å². The van der Waals surface area contributed by atoms with Gasteiger partial charge in [-0.25, -0.2) is 0 Å². The lowest BCUT2D eigenvalue weighted by molar-refractivity contribution is -0.125. The minimum Gasteiger partial charge on any atom is -0.343 e. The van der Waals surface area contributed by atoms with Crippen molar-refractivity contribution in [3.05, 3.63) is 167 Å². The number of carbonyl (C=O) groups is 3. The molecule has 5 aromatic carbocycles. The molecule has 6 rings (SSSR count). The molecule has 0 saturated heterocycles. The number of imide groups is 1. The summed E-state index contributed by atoms with van der Waals surface area (Å²) in [5.74, 6) is -1.31. The molecule has 0 spiro atoms. The molecule has 5 aromatic rings. The van der Waals surface area contributed by atoms with Gasteiger partial charge in [0.2, 0.25) is 5.91 Å². The minimum atomic E-state index is -1.03. The zero-order chi connectivity index (χ0) is 28.2. The highest BCUT2D eigenvalue weighted by atomic mass is 16.2. The molecule has 5 nitrogen and oxygen atoms in total. The zero-order valence-corrected chi connectivity index (χ0v) is 22.3. The average Bonchev–Trinajstić information content (AvgIpc) is 3.29. The van der Waals surface area contributed by atoms with E-state index in [4.69, 9.17) is 0 Å². The highest BCUT2D eigenvalue weighted by Crippen LogP contribution is 2.29. The van der Waals surface area contributed by atoms with Crippen molar-refractivity contribution < 1.29 is 14.4 Å². The predicted octanol–water partition coefficient (Wildman–Crippen LogP) is 6.47. The summed E-state index contributed by atoms with van der Waals surface area (Å²) in [5.41, 5.74) is 5.46. The smallest absolute Gasteiger partial charge is 0.262 e. The maximum Gasteiger partial charge on any atom is 0.262 e. The van der Waals surface area contributed by atoms with Crippen molar-refractivity contribution in [1.29, 1.82) is 0 Å². The Bertz CT molecular complexity index is 1650. The zero-order valence-electron chi connectivity index (χ0n) is 22.3. The van der Waals surface area contributed by atoms with Crippen LogP contribution in [0.3, 0.4) is 0 Å². The van der Waals surface area contributed by atoms with Crippen molar-refractivity contribution in [2.24, 2.45) is 0 Å². The van der Waals surface area contributed by atoms with Crippen molar-refractivity contribution in [1.82, 2.24) is 10.2 Å². The van der Waals surface area contributed by atoms with Crippen molar-refractivity contribution in [2.75, 3.05) is 0 Å². The number of nitrogens with one attached hydrogen (secondary N) is 1. The fraction of sp³-hybridized carbons (Fsp3) is 0.0833. The maximum absolute atomic E-state index is 14.2. The molecule has 0 aliphatic carbocycles. The summed E-state index contributed by atoms with van der Waals surface area (Å²) in [6.07, 6.45) is 0.201. The van der Waals surface area contributed by atoms with E-state index in [1.54, 1.807) is 24.3 Å². The van der Waals surface area contributed by atoms with E-state index < -0.39 is 29.8 Å². The average molecular weight is 537 g/mol. The van der Waals surface area contributed by atoms with Gasteiger partial charge in [0.15, 0.2) is 0 Å². The van der Waals surface area contributed by atoms with E-state index in [0.29, 0.717) is 11.1 Å². The van der Waals surface area contributed by atoms with E-state index in [9.17, 15) is 14.4 Å². The molecule has 41 heavy (non-hydrogen) atoms. The second-order valence-electron chi connectivity index (χ2n) is 10.1.